The maximum absolute atomic E-state index is 12.6. The van der Waals surface area contributed by atoms with E-state index in [1.54, 1.807) is 54.6 Å². The minimum atomic E-state index is -1.72. The van der Waals surface area contributed by atoms with Gasteiger partial charge in [0, 0.05) is 5.69 Å². The number of carbonyl (C=O) groups excluding carboxylic acids is 2. The van der Waals surface area contributed by atoms with Crippen LogP contribution in [0.4, 0.5) is 11.4 Å². The van der Waals surface area contributed by atoms with Gasteiger partial charge in [-0.15, -0.1) is 0 Å². The number of furan rings is 1. The smallest absolute Gasteiger partial charge is 0.291 e. The molecule has 0 unspecified atom stereocenters. The van der Waals surface area contributed by atoms with E-state index < -0.39 is 17.4 Å². The van der Waals surface area contributed by atoms with Crippen molar-refractivity contribution in [3.05, 3.63) is 78.3 Å². The second-order valence-corrected chi connectivity index (χ2v) is 6.24. The molecule has 144 valence electrons. The van der Waals surface area contributed by atoms with Crippen molar-refractivity contribution in [3.63, 3.8) is 0 Å². The molecule has 7 heteroatoms. The first-order valence-electron chi connectivity index (χ1n) is 8.54. The summed E-state index contributed by atoms with van der Waals surface area (Å²) in [5.74, 6) is -0.508. The molecule has 0 bridgehead atoms. The summed E-state index contributed by atoms with van der Waals surface area (Å²) in [4.78, 5) is 24.8. The Hall–Kier alpha value is -3.58. The molecule has 28 heavy (non-hydrogen) atoms. The summed E-state index contributed by atoms with van der Waals surface area (Å²) >= 11 is 0. The Morgan fingerprint density at radius 2 is 1.79 bits per heavy atom. The molecule has 2 amide bonds. The van der Waals surface area contributed by atoms with Gasteiger partial charge in [0.15, 0.2) is 11.4 Å². The van der Waals surface area contributed by atoms with E-state index in [9.17, 15) is 14.7 Å². The third-order valence-electron chi connectivity index (χ3n) is 4.23. The summed E-state index contributed by atoms with van der Waals surface area (Å²) in [5, 5.41) is 16.0. The van der Waals surface area contributed by atoms with E-state index in [0.29, 0.717) is 22.7 Å². The van der Waals surface area contributed by atoms with Gasteiger partial charge in [-0.2, -0.15) is 0 Å². The van der Waals surface area contributed by atoms with Crippen molar-refractivity contribution >= 4 is 23.2 Å². The van der Waals surface area contributed by atoms with Crippen LogP contribution in [-0.4, -0.2) is 24.0 Å². The number of ether oxygens (including phenoxy) is 1. The molecule has 7 nitrogen and oxygen atoms in total. The Morgan fingerprint density at radius 1 is 1.04 bits per heavy atom. The molecule has 3 aromatic rings. The zero-order chi connectivity index (χ0) is 20.1. The Kier molecular flexibility index (Phi) is 5.47. The first-order chi connectivity index (χ1) is 13.4. The van der Waals surface area contributed by atoms with Crippen molar-refractivity contribution < 1.29 is 23.8 Å². The van der Waals surface area contributed by atoms with Crippen LogP contribution in [-0.2, 0) is 10.4 Å². The number of nitrogens with one attached hydrogen (secondary N) is 2. The maximum Gasteiger partial charge on any atom is 0.291 e. The topological polar surface area (TPSA) is 101 Å². The Morgan fingerprint density at radius 3 is 2.43 bits per heavy atom. The van der Waals surface area contributed by atoms with Gasteiger partial charge >= 0.3 is 0 Å². The van der Waals surface area contributed by atoms with Gasteiger partial charge in [0.25, 0.3) is 11.8 Å². The highest BCUT2D eigenvalue weighted by molar-refractivity contribution is 6.04. The zero-order valence-corrected chi connectivity index (χ0v) is 15.4. The van der Waals surface area contributed by atoms with Gasteiger partial charge in [0.05, 0.1) is 19.1 Å². The van der Waals surface area contributed by atoms with Crippen LogP contribution in [0.15, 0.2) is 71.3 Å². The van der Waals surface area contributed by atoms with Crippen LogP contribution in [0.5, 0.6) is 5.75 Å². The lowest BCUT2D eigenvalue weighted by atomic mass is 9.95. The second kappa shape index (κ2) is 7.98. The molecule has 0 radical (unpaired) electrons. The van der Waals surface area contributed by atoms with Gasteiger partial charge in [-0.1, -0.05) is 30.3 Å². The van der Waals surface area contributed by atoms with Crippen molar-refractivity contribution in [1.29, 1.82) is 0 Å². The number of aliphatic hydroxyl groups is 1. The number of hydrogen-bond donors (Lipinski definition) is 3. The van der Waals surface area contributed by atoms with Crippen molar-refractivity contribution in [2.45, 2.75) is 12.5 Å². The maximum atomic E-state index is 12.6. The molecular formula is C21H20N2O5. The van der Waals surface area contributed by atoms with Gasteiger partial charge in [-0.3, -0.25) is 9.59 Å². The second-order valence-electron chi connectivity index (χ2n) is 6.24. The molecule has 0 saturated carbocycles. The number of amides is 2. The van der Waals surface area contributed by atoms with Gasteiger partial charge < -0.3 is 24.9 Å². The Balaban J connectivity index is 1.81. The fourth-order valence-electron chi connectivity index (χ4n) is 2.62. The summed E-state index contributed by atoms with van der Waals surface area (Å²) in [5.41, 5.74) is -0.524. The summed E-state index contributed by atoms with van der Waals surface area (Å²) < 4.78 is 10.3. The van der Waals surface area contributed by atoms with E-state index in [4.69, 9.17) is 9.15 Å². The van der Waals surface area contributed by atoms with E-state index in [1.807, 2.05) is 0 Å². The molecular weight excluding hydrogens is 360 g/mol. The van der Waals surface area contributed by atoms with Crippen LogP contribution < -0.4 is 15.4 Å². The van der Waals surface area contributed by atoms with Gasteiger partial charge in [-0.05, 0) is 42.8 Å². The molecule has 3 rings (SSSR count). The van der Waals surface area contributed by atoms with Crippen LogP contribution in [0.1, 0.15) is 23.0 Å². The van der Waals surface area contributed by atoms with Crippen LogP contribution >= 0.6 is 0 Å². The molecule has 1 heterocycles. The summed E-state index contributed by atoms with van der Waals surface area (Å²) in [7, 11) is 1.47. The van der Waals surface area contributed by atoms with E-state index in [1.165, 1.54) is 26.4 Å². The third kappa shape index (κ3) is 4.05. The summed E-state index contributed by atoms with van der Waals surface area (Å²) in [6.07, 6.45) is 1.40. The SMILES string of the molecule is COc1ccc(NC(=O)[C@@](C)(O)c2ccccc2)cc1NC(=O)c1ccco1. The molecule has 1 aromatic heterocycles. The van der Waals surface area contributed by atoms with Gasteiger partial charge in [0.2, 0.25) is 0 Å². The first-order valence-corrected chi connectivity index (χ1v) is 8.54. The molecule has 0 aliphatic rings. The van der Waals surface area contributed by atoms with Crippen LogP contribution in [0.3, 0.4) is 0 Å². The predicted molar refractivity (Wildman–Crippen MR) is 104 cm³/mol. The number of benzene rings is 2. The van der Waals surface area contributed by atoms with Crippen LogP contribution in [0.2, 0.25) is 0 Å². The molecule has 0 aliphatic heterocycles. The largest absolute Gasteiger partial charge is 0.495 e. The van der Waals surface area contributed by atoms with Crippen LogP contribution in [0.25, 0.3) is 0 Å². The molecule has 0 saturated heterocycles. The first kappa shape index (κ1) is 19.2. The zero-order valence-electron chi connectivity index (χ0n) is 15.4. The number of methoxy groups -OCH3 is 1. The molecule has 3 N–H and O–H groups in total. The third-order valence-corrected chi connectivity index (χ3v) is 4.23. The Labute approximate surface area is 161 Å². The van der Waals surface area contributed by atoms with Crippen molar-refractivity contribution in [2.75, 3.05) is 17.7 Å². The van der Waals surface area contributed by atoms with Crippen LogP contribution in [0, 0.1) is 0 Å². The number of anilines is 2. The fourth-order valence-corrected chi connectivity index (χ4v) is 2.62. The average Bonchev–Trinajstić information content (AvgIpc) is 3.24. The van der Waals surface area contributed by atoms with Crippen molar-refractivity contribution in [3.8, 4) is 5.75 Å². The quantitative estimate of drug-likeness (QED) is 0.609. The predicted octanol–water partition coefficient (Wildman–Crippen LogP) is 3.39. The molecule has 0 fully saturated rings. The molecule has 1 atom stereocenters. The lowest BCUT2D eigenvalue weighted by Crippen LogP contribution is -2.37. The highest BCUT2D eigenvalue weighted by atomic mass is 16.5. The van der Waals surface area contributed by atoms with Crippen molar-refractivity contribution in [1.82, 2.24) is 0 Å². The lowest BCUT2D eigenvalue weighted by Gasteiger charge is -2.23. The normalized spacial score (nSPS) is 12.7. The highest BCUT2D eigenvalue weighted by Gasteiger charge is 2.32. The summed E-state index contributed by atoms with van der Waals surface area (Å²) in [6, 6.07) is 16.5. The van der Waals surface area contributed by atoms with Gasteiger partial charge in [0.1, 0.15) is 5.75 Å². The standard InChI is InChI=1S/C21H20N2O5/c1-21(26,14-7-4-3-5-8-14)20(25)22-15-10-11-17(27-2)16(13-15)23-19(24)18-9-6-12-28-18/h3-13,26H,1-2H3,(H,22,25)(H,23,24)/t21-/m0/s1. The fraction of sp³-hybridized carbons (Fsp3) is 0.143. The van der Waals surface area contributed by atoms with E-state index >= 15 is 0 Å². The number of hydrogen-bond acceptors (Lipinski definition) is 5. The minimum absolute atomic E-state index is 0.142. The number of rotatable bonds is 6. The molecule has 0 spiro atoms. The Bertz CT molecular complexity index is 966. The average molecular weight is 380 g/mol. The van der Waals surface area contributed by atoms with E-state index in [0.717, 1.165) is 0 Å². The summed E-state index contributed by atoms with van der Waals surface area (Å²) in [6.45, 7) is 1.42. The minimum Gasteiger partial charge on any atom is -0.495 e. The number of carbonyl (C=O) groups is 2. The monoisotopic (exact) mass is 380 g/mol. The molecule has 0 aliphatic carbocycles. The van der Waals surface area contributed by atoms with E-state index in [-0.39, 0.29) is 5.76 Å². The van der Waals surface area contributed by atoms with E-state index in [2.05, 4.69) is 10.6 Å². The van der Waals surface area contributed by atoms with Gasteiger partial charge in [-0.25, -0.2) is 0 Å². The lowest BCUT2D eigenvalue weighted by molar-refractivity contribution is -0.133. The van der Waals surface area contributed by atoms with Crippen molar-refractivity contribution in [2.24, 2.45) is 0 Å². The molecule has 2 aromatic carbocycles. The highest BCUT2D eigenvalue weighted by Crippen LogP contribution is 2.30.